The molecule has 1 aromatic heterocycles. The van der Waals surface area contributed by atoms with Gasteiger partial charge in [0.25, 0.3) is 11.5 Å². The molecule has 0 radical (unpaired) electrons. The molecule has 0 saturated carbocycles. The zero-order chi connectivity index (χ0) is 28.8. The van der Waals surface area contributed by atoms with Crippen LogP contribution in [-0.2, 0) is 20.0 Å². The Bertz CT molecular complexity index is 1530. The number of alkyl halides is 3. The fraction of sp³-hybridized carbons (Fsp3) is 0.269. The molecular weight excluding hydrogens is 579 g/mol. The Morgan fingerprint density at radius 2 is 1.90 bits per heavy atom. The molecule has 14 heteroatoms. The molecule has 3 heterocycles. The number of benzene rings is 2. The molecule has 5 rings (SSSR count). The summed E-state index contributed by atoms with van der Waals surface area (Å²) in [5, 5.41) is 9.04. The van der Waals surface area contributed by atoms with Crippen LogP contribution in [0.25, 0.3) is 11.1 Å². The molecule has 8 nitrogen and oxygen atoms in total. The van der Waals surface area contributed by atoms with Crippen LogP contribution in [0.2, 0.25) is 10.0 Å². The number of aromatic amines is 1. The van der Waals surface area contributed by atoms with Gasteiger partial charge in [0.1, 0.15) is 5.71 Å². The van der Waals surface area contributed by atoms with Crippen molar-refractivity contribution in [3.8, 4) is 11.1 Å². The van der Waals surface area contributed by atoms with Crippen molar-refractivity contribution in [2.75, 3.05) is 7.11 Å². The number of amides is 1. The average Bonchev–Trinajstić information content (AvgIpc) is 3.66. The lowest BCUT2D eigenvalue weighted by molar-refractivity contribution is -0.275. The molecule has 2 aliphatic rings. The number of nitrogens with one attached hydrogen (secondary N) is 2. The minimum atomic E-state index is -4.95. The number of hydrogen-bond donors (Lipinski definition) is 2. The maximum atomic E-state index is 14.4. The predicted molar refractivity (Wildman–Crippen MR) is 139 cm³/mol. The second-order valence-electron chi connectivity index (χ2n) is 9.14. The van der Waals surface area contributed by atoms with Crippen molar-refractivity contribution in [3.63, 3.8) is 0 Å². The molecule has 1 amide bonds. The van der Waals surface area contributed by atoms with Gasteiger partial charge in [0.2, 0.25) is 12.1 Å². The Balaban J connectivity index is 1.40. The molecule has 0 saturated heterocycles. The van der Waals surface area contributed by atoms with Crippen LogP contribution in [-0.4, -0.2) is 42.0 Å². The highest BCUT2D eigenvalue weighted by Crippen LogP contribution is 2.50. The Labute approximate surface area is 234 Å². The van der Waals surface area contributed by atoms with Gasteiger partial charge in [-0.2, -0.15) is 13.2 Å². The highest BCUT2D eigenvalue weighted by Gasteiger charge is 2.62. The first-order valence-corrected chi connectivity index (χ1v) is 12.5. The highest BCUT2D eigenvalue weighted by atomic mass is 35.5. The van der Waals surface area contributed by atoms with Gasteiger partial charge in [-0.25, -0.2) is 4.39 Å². The zero-order valence-electron chi connectivity index (χ0n) is 20.8. The first kappa shape index (κ1) is 27.8. The summed E-state index contributed by atoms with van der Waals surface area (Å²) in [5.74, 6) is -1.07. The van der Waals surface area contributed by atoms with Crippen LogP contribution in [0.5, 0.6) is 0 Å². The molecule has 1 unspecified atom stereocenters. The van der Waals surface area contributed by atoms with Crippen LogP contribution in [0, 0.1) is 12.7 Å². The van der Waals surface area contributed by atoms with E-state index in [4.69, 9.17) is 37.6 Å². The summed E-state index contributed by atoms with van der Waals surface area (Å²) in [7, 11) is 1.45. The molecule has 2 atom stereocenters. The standard InChI is InChI=1S/C26H20Cl2F4N4O4/c1-12-7-13(3-4-15(12)24(37)34-20-10-21(38-2)36-39-20)16-5-6-33-23(16)19-11-25(40-35-19,26(30,31)32)14-8-17(27)22(29)18(28)9-14/h3-9,20,33H,10-11H2,1-2H3,(H,34,37)/t20?,25-/m0/s1. The first-order chi connectivity index (χ1) is 18.9. The molecular formula is C26H20Cl2F4N4O4. The lowest BCUT2D eigenvalue weighted by Crippen LogP contribution is -2.42. The molecule has 3 aromatic rings. The van der Waals surface area contributed by atoms with Crippen LogP contribution >= 0.6 is 23.2 Å². The Hall–Kier alpha value is -3.77. The monoisotopic (exact) mass is 598 g/mol. The van der Waals surface area contributed by atoms with Crippen molar-refractivity contribution in [2.24, 2.45) is 10.3 Å². The number of ether oxygens (including phenoxy) is 1. The topological polar surface area (TPSA) is 97.3 Å². The summed E-state index contributed by atoms with van der Waals surface area (Å²) in [6.07, 6.45) is -4.51. The van der Waals surface area contributed by atoms with Gasteiger partial charge in [0, 0.05) is 22.9 Å². The number of H-pyrrole nitrogens is 1. The van der Waals surface area contributed by atoms with E-state index in [0.717, 1.165) is 12.1 Å². The van der Waals surface area contributed by atoms with E-state index in [2.05, 4.69) is 20.6 Å². The summed E-state index contributed by atoms with van der Waals surface area (Å²) in [4.78, 5) is 25.9. The lowest BCUT2D eigenvalue weighted by atomic mass is 9.86. The van der Waals surface area contributed by atoms with Crippen molar-refractivity contribution in [1.82, 2.24) is 10.3 Å². The summed E-state index contributed by atoms with van der Waals surface area (Å²) in [6.45, 7) is 1.73. The fourth-order valence-electron chi connectivity index (χ4n) is 4.54. The second-order valence-corrected chi connectivity index (χ2v) is 9.96. The third kappa shape index (κ3) is 4.86. The Kier molecular flexibility index (Phi) is 7.17. The molecule has 0 aliphatic carbocycles. The number of aromatic nitrogens is 1. The number of rotatable bonds is 5. The van der Waals surface area contributed by atoms with E-state index in [1.165, 1.54) is 7.11 Å². The van der Waals surface area contributed by atoms with Gasteiger partial charge in [0.15, 0.2) is 5.82 Å². The van der Waals surface area contributed by atoms with E-state index >= 15 is 0 Å². The third-order valence-corrected chi connectivity index (χ3v) is 7.17. The molecule has 2 aliphatic heterocycles. The second kappa shape index (κ2) is 10.3. The Morgan fingerprint density at radius 3 is 2.52 bits per heavy atom. The first-order valence-electron chi connectivity index (χ1n) is 11.8. The van der Waals surface area contributed by atoms with Gasteiger partial charge in [0.05, 0.1) is 35.7 Å². The number of hydrogen-bond acceptors (Lipinski definition) is 6. The zero-order valence-corrected chi connectivity index (χ0v) is 22.3. The number of oxime groups is 2. The third-order valence-electron chi connectivity index (χ3n) is 6.62. The molecule has 0 bridgehead atoms. The van der Waals surface area contributed by atoms with Gasteiger partial charge in [-0.05, 0) is 47.5 Å². The summed E-state index contributed by atoms with van der Waals surface area (Å²) < 4.78 is 62.2. The largest absolute Gasteiger partial charge is 0.482 e. The molecule has 0 fully saturated rings. The van der Waals surface area contributed by atoms with Gasteiger partial charge < -0.3 is 24.7 Å². The normalized spacial score (nSPS) is 20.4. The minimum Gasteiger partial charge on any atom is -0.482 e. The van der Waals surface area contributed by atoms with E-state index in [9.17, 15) is 22.4 Å². The van der Waals surface area contributed by atoms with Crippen LogP contribution in [0.3, 0.4) is 0 Å². The number of carbonyl (C=O) groups excluding carboxylic acids is 1. The van der Waals surface area contributed by atoms with E-state index < -0.39 is 51.8 Å². The van der Waals surface area contributed by atoms with Crippen LogP contribution in [0.15, 0.2) is 52.9 Å². The van der Waals surface area contributed by atoms with Crippen LogP contribution in [0.4, 0.5) is 17.6 Å². The maximum absolute atomic E-state index is 14.4. The van der Waals surface area contributed by atoms with Crippen molar-refractivity contribution in [1.29, 1.82) is 0 Å². The fourth-order valence-corrected chi connectivity index (χ4v) is 5.03. The van der Waals surface area contributed by atoms with E-state index in [0.29, 0.717) is 28.2 Å². The van der Waals surface area contributed by atoms with Crippen molar-refractivity contribution < 1.29 is 36.8 Å². The number of aryl methyl sites for hydroxylation is 1. The molecule has 2 N–H and O–H groups in total. The minimum absolute atomic E-state index is 0.0271. The van der Waals surface area contributed by atoms with Crippen molar-refractivity contribution in [3.05, 3.63) is 80.8 Å². The maximum Gasteiger partial charge on any atom is 0.435 e. The average molecular weight is 599 g/mol. The van der Waals surface area contributed by atoms with Gasteiger partial charge >= 0.3 is 6.18 Å². The van der Waals surface area contributed by atoms with Gasteiger partial charge in [-0.15, -0.1) is 0 Å². The predicted octanol–water partition coefficient (Wildman–Crippen LogP) is 6.45. The van der Waals surface area contributed by atoms with E-state index in [1.54, 1.807) is 37.4 Å². The summed E-state index contributed by atoms with van der Waals surface area (Å²) in [5.41, 5.74) is -1.03. The number of halogens is 6. The summed E-state index contributed by atoms with van der Waals surface area (Å²) >= 11 is 11.6. The Morgan fingerprint density at radius 1 is 1.18 bits per heavy atom. The smallest absolute Gasteiger partial charge is 0.435 e. The SMILES string of the molecule is COC1=NOC(NC(=O)c2ccc(-c3cc[nH]c3C3=NO[C@@](c4cc(Cl)c(F)c(Cl)c4)(C(F)(F)F)C3)cc2C)C1. The molecule has 40 heavy (non-hydrogen) atoms. The van der Waals surface area contributed by atoms with Crippen molar-refractivity contribution >= 4 is 40.7 Å². The quantitative estimate of drug-likeness (QED) is 0.260. The van der Waals surface area contributed by atoms with Gasteiger partial charge in [-0.3, -0.25) is 4.79 Å². The molecule has 0 spiro atoms. The van der Waals surface area contributed by atoms with Gasteiger partial charge in [-0.1, -0.05) is 40.5 Å². The summed E-state index contributed by atoms with van der Waals surface area (Å²) in [6, 6.07) is 8.31. The van der Waals surface area contributed by atoms with E-state index in [1.807, 2.05) is 0 Å². The molecule has 2 aromatic carbocycles. The van der Waals surface area contributed by atoms with Crippen LogP contribution < -0.4 is 5.32 Å². The van der Waals surface area contributed by atoms with Crippen LogP contribution in [0.1, 0.15) is 40.0 Å². The lowest BCUT2D eigenvalue weighted by Gasteiger charge is -2.29. The number of methoxy groups -OCH3 is 1. The number of carbonyl (C=O) groups is 1. The number of nitrogens with zero attached hydrogens (tertiary/aromatic N) is 2. The van der Waals surface area contributed by atoms with Crippen molar-refractivity contribution in [2.45, 2.75) is 37.8 Å². The molecule has 210 valence electrons. The van der Waals surface area contributed by atoms with E-state index in [-0.39, 0.29) is 17.8 Å². The highest BCUT2D eigenvalue weighted by molar-refractivity contribution is 6.35.